The van der Waals surface area contributed by atoms with Gasteiger partial charge in [-0.05, 0) is 127 Å². The first-order valence-electron chi connectivity index (χ1n) is 36.3. The van der Waals surface area contributed by atoms with E-state index in [1.54, 1.807) is 55.5 Å². The second kappa shape index (κ2) is 48.7. The molecule has 0 radical (unpaired) electrons. The molecule has 2 aromatic rings. The molecule has 12 amide bonds. The lowest BCUT2D eigenvalue weighted by atomic mass is 9.77. The molecule has 0 unspecified atom stereocenters. The number of carbonyl (C=O) groups is 11. The van der Waals surface area contributed by atoms with Crippen molar-refractivity contribution in [1.29, 1.82) is 0 Å². The third kappa shape index (κ3) is 41.5. The van der Waals surface area contributed by atoms with Gasteiger partial charge in [-0.1, -0.05) is 174 Å². The maximum absolute atomic E-state index is 13.4. The summed E-state index contributed by atoms with van der Waals surface area (Å²) in [6.45, 7) is 36.1. The number of benzene rings is 2. The molecule has 0 fully saturated rings. The standard InChI is InChI=1S/C39H67N7O7.C36H61N5O6/c1-26(2)13-10-9-11-15-33(48)46-34(27(3)4)36(50)45-31(14-12-22-42-37(40)51)35(49)44-30-18-16-29(17-19-30)25-53-38(52)43-24-23-41-32(47)20-21-39(7,8)28(5)6;1-24(2)13-11-10-12-14-31(43)41-32(25(3)4)34(45)39-27(7)33(44)40-29-17-15-28(16-18-29)23-47-35(46)38-22-21-37-30(42)19-20-36(8,9)26(5)6/h16-19,26-28,31,34H,9-15,20-25H2,1-8H3,(H,41,47)(H,43,52)(H,44,49)(H,45,50)(H,46,48)(H3,40,42,51);15-18,24-27,32H,10-14,19-23H2,1-9H3,(H,37,42)(H,38,46)(H,39,45)(H,40,44)(H,41,43)/t31-,34-;27-,32-/m00/s1. The van der Waals surface area contributed by atoms with E-state index in [2.05, 4.69) is 142 Å². The lowest BCUT2D eigenvalue weighted by molar-refractivity contribution is -0.132. The van der Waals surface area contributed by atoms with Crippen molar-refractivity contribution in [2.24, 2.45) is 52.1 Å². The fourth-order valence-corrected chi connectivity index (χ4v) is 9.61. The number of primary amides is 1. The van der Waals surface area contributed by atoms with E-state index in [9.17, 15) is 52.7 Å². The fourth-order valence-electron chi connectivity index (χ4n) is 9.61. The molecule has 0 saturated carbocycles. The number of anilines is 2. The van der Waals surface area contributed by atoms with Crippen LogP contribution in [-0.2, 0) is 61.0 Å². The highest BCUT2D eigenvalue weighted by Gasteiger charge is 2.31. The predicted octanol–water partition coefficient (Wildman–Crippen LogP) is 10.8. The second-order valence-corrected chi connectivity index (χ2v) is 29.7. The number of amides is 12. The highest BCUT2D eigenvalue weighted by Crippen LogP contribution is 2.32. The zero-order valence-corrected chi connectivity index (χ0v) is 63.5. The van der Waals surface area contributed by atoms with Crippen molar-refractivity contribution in [1.82, 2.24) is 47.9 Å². The maximum atomic E-state index is 13.4. The van der Waals surface area contributed by atoms with Gasteiger partial charge in [-0.2, -0.15) is 0 Å². The van der Waals surface area contributed by atoms with E-state index in [-0.39, 0.29) is 85.6 Å². The van der Waals surface area contributed by atoms with Gasteiger partial charge in [-0.25, -0.2) is 14.4 Å². The number of carbonyl (C=O) groups excluding carboxylic acids is 11. The van der Waals surface area contributed by atoms with Crippen molar-refractivity contribution < 1.29 is 62.2 Å². The number of rotatable bonds is 46. The molecule has 25 heteroatoms. The molecule has 25 nitrogen and oxygen atoms in total. The van der Waals surface area contributed by atoms with Gasteiger partial charge in [0.2, 0.25) is 47.3 Å². The molecular formula is C75H128N12O13. The van der Waals surface area contributed by atoms with Crippen LogP contribution in [0.5, 0.6) is 0 Å². The summed E-state index contributed by atoms with van der Waals surface area (Å²) in [7, 11) is 0. The predicted molar refractivity (Wildman–Crippen MR) is 394 cm³/mol. The van der Waals surface area contributed by atoms with Crippen molar-refractivity contribution in [3.8, 4) is 0 Å². The van der Waals surface area contributed by atoms with Crippen LogP contribution in [0, 0.1) is 46.3 Å². The normalized spacial score (nSPS) is 12.6. The molecule has 2 aromatic carbocycles. The summed E-state index contributed by atoms with van der Waals surface area (Å²) < 4.78 is 10.5. The minimum absolute atomic E-state index is 0.0114. The summed E-state index contributed by atoms with van der Waals surface area (Å²) in [5.74, 6) is -0.410. The average molecular weight is 1410 g/mol. The highest BCUT2D eigenvalue weighted by molar-refractivity contribution is 5.99. The SMILES string of the molecule is CC(C)CCCCCC(=O)N[C@H](C(=O)N[C@@H](C)C(=O)Nc1ccc(COC(=O)NCCNC(=O)CCC(C)(C)C(C)C)cc1)C(C)C.CC(C)CCCCCC(=O)N[C@H](C(=O)N[C@@H](CCCNC(N)=O)C(=O)Nc1ccc(COC(=O)NCCNC(=O)CCC(C)(C)C(C)C)cc1)C(C)C. The summed E-state index contributed by atoms with van der Waals surface area (Å²) in [6.07, 6.45) is 10.3. The molecular weight excluding hydrogens is 1280 g/mol. The minimum atomic E-state index is -0.963. The summed E-state index contributed by atoms with van der Waals surface area (Å²) in [6, 6.07) is 9.42. The van der Waals surface area contributed by atoms with Gasteiger partial charge < -0.3 is 73.7 Å². The number of nitrogens with two attached hydrogens (primary N) is 1. The Morgan fingerprint density at radius 3 is 1.14 bits per heavy atom. The van der Waals surface area contributed by atoms with E-state index in [1.807, 2.05) is 27.7 Å². The van der Waals surface area contributed by atoms with E-state index in [4.69, 9.17) is 15.2 Å². The van der Waals surface area contributed by atoms with Crippen LogP contribution < -0.4 is 64.2 Å². The third-order valence-electron chi connectivity index (χ3n) is 18.0. The van der Waals surface area contributed by atoms with Crippen LogP contribution >= 0.6 is 0 Å². The Kier molecular flexibility index (Phi) is 43.9. The minimum Gasteiger partial charge on any atom is -0.445 e. The Balaban J connectivity index is 0.00000101. The van der Waals surface area contributed by atoms with Gasteiger partial charge in [-0.3, -0.25) is 38.4 Å². The molecule has 0 spiro atoms. The molecule has 566 valence electrons. The Labute approximate surface area is 597 Å². The highest BCUT2D eigenvalue weighted by atomic mass is 16.6. The number of urea groups is 1. The number of alkyl carbamates (subject to hydrolysis) is 2. The summed E-state index contributed by atoms with van der Waals surface area (Å²) in [4.78, 5) is 137. The Morgan fingerprint density at radius 2 is 0.770 bits per heavy atom. The van der Waals surface area contributed by atoms with Crippen LogP contribution in [0.15, 0.2) is 48.5 Å². The van der Waals surface area contributed by atoms with Crippen molar-refractivity contribution >= 4 is 76.8 Å². The first-order chi connectivity index (χ1) is 46.9. The van der Waals surface area contributed by atoms with Crippen molar-refractivity contribution in [2.45, 2.75) is 258 Å². The summed E-state index contributed by atoms with van der Waals surface area (Å²) in [5, 5.41) is 30.1. The number of hydrogen-bond donors (Lipinski definition) is 12. The molecule has 0 saturated heterocycles. The van der Waals surface area contributed by atoms with Crippen molar-refractivity contribution in [3.05, 3.63) is 59.7 Å². The second-order valence-electron chi connectivity index (χ2n) is 29.7. The lowest BCUT2D eigenvalue weighted by Crippen LogP contribution is -2.54. The Hall–Kier alpha value is -7.99. The zero-order chi connectivity index (χ0) is 75.5. The molecule has 2 rings (SSSR count). The number of hydrogen-bond acceptors (Lipinski definition) is 13. The van der Waals surface area contributed by atoms with Gasteiger partial charge in [-0.15, -0.1) is 0 Å². The summed E-state index contributed by atoms with van der Waals surface area (Å²) in [5.41, 5.74) is 7.69. The molecule has 0 aliphatic heterocycles. The van der Waals surface area contributed by atoms with Crippen LogP contribution in [0.25, 0.3) is 0 Å². The molecule has 0 aliphatic carbocycles. The first-order valence-corrected chi connectivity index (χ1v) is 36.3. The number of unbranched alkanes of at least 4 members (excludes halogenated alkanes) is 4. The Bertz CT molecular complexity index is 2810. The summed E-state index contributed by atoms with van der Waals surface area (Å²) >= 11 is 0. The first kappa shape index (κ1) is 90.0. The fraction of sp³-hybridized carbons (Fsp3) is 0.693. The van der Waals surface area contributed by atoms with Gasteiger partial charge in [0.1, 0.15) is 37.4 Å². The van der Waals surface area contributed by atoms with Crippen LogP contribution in [0.3, 0.4) is 0 Å². The molecule has 0 bridgehead atoms. The van der Waals surface area contributed by atoms with Gasteiger partial charge >= 0.3 is 18.2 Å². The topological polar surface area (TPSA) is 365 Å². The van der Waals surface area contributed by atoms with Crippen molar-refractivity contribution in [2.75, 3.05) is 43.4 Å². The van der Waals surface area contributed by atoms with Crippen LogP contribution in [0.2, 0.25) is 0 Å². The van der Waals surface area contributed by atoms with Crippen LogP contribution in [0.1, 0.15) is 232 Å². The molecule has 0 heterocycles. The number of ether oxygens (including phenoxy) is 2. The van der Waals surface area contributed by atoms with E-state index in [0.29, 0.717) is 85.8 Å². The van der Waals surface area contributed by atoms with Crippen LogP contribution in [0.4, 0.5) is 25.8 Å². The van der Waals surface area contributed by atoms with Gasteiger partial charge in [0, 0.05) is 69.8 Å². The molecule has 0 aromatic heterocycles. The molecule has 0 aliphatic rings. The maximum Gasteiger partial charge on any atom is 0.407 e. The van der Waals surface area contributed by atoms with Crippen LogP contribution in [-0.4, -0.2) is 122 Å². The zero-order valence-electron chi connectivity index (χ0n) is 63.5. The monoisotopic (exact) mass is 1400 g/mol. The molecule has 4 atom stereocenters. The lowest BCUT2D eigenvalue weighted by Gasteiger charge is -2.28. The van der Waals surface area contributed by atoms with E-state index < -0.39 is 66.0 Å². The van der Waals surface area contributed by atoms with E-state index in [0.717, 1.165) is 69.8 Å². The van der Waals surface area contributed by atoms with Crippen molar-refractivity contribution in [3.63, 3.8) is 0 Å². The van der Waals surface area contributed by atoms with Gasteiger partial charge in [0.05, 0.1) is 0 Å². The van der Waals surface area contributed by atoms with E-state index in [1.165, 1.54) is 0 Å². The largest absolute Gasteiger partial charge is 0.445 e. The third-order valence-corrected chi connectivity index (χ3v) is 18.0. The quantitative estimate of drug-likeness (QED) is 0.0275. The Morgan fingerprint density at radius 1 is 0.390 bits per heavy atom. The smallest absolute Gasteiger partial charge is 0.407 e. The number of nitrogens with one attached hydrogen (secondary N) is 11. The van der Waals surface area contributed by atoms with Gasteiger partial charge in [0.15, 0.2) is 0 Å². The average Bonchev–Trinajstić information content (AvgIpc) is 0.876. The molecule has 13 N–H and O–H groups in total. The van der Waals surface area contributed by atoms with Gasteiger partial charge in [0.25, 0.3) is 0 Å². The van der Waals surface area contributed by atoms with E-state index >= 15 is 0 Å². The molecule has 100 heavy (non-hydrogen) atoms.